The minimum atomic E-state index is -0.536. The summed E-state index contributed by atoms with van der Waals surface area (Å²) < 4.78 is 4.52. The van der Waals surface area contributed by atoms with Gasteiger partial charge in [-0.3, -0.25) is 4.79 Å². The summed E-state index contributed by atoms with van der Waals surface area (Å²) in [6.45, 7) is 0.726. The van der Waals surface area contributed by atoms with E-state index < -0.39 is 5.97 Å². The van der Waals surface area contributed by atoms with E-state index in [9.17, 15) is 9.59 Å². The molecule has 1 aromatic heterocycles. The molecule has 0 aromatic carbocycles. The molecule has 1 amide bonds. The Kier molecular flexibility index (Phi) is 3.40. The molecule has 0 spiro atoms. The van der Waals surface area contributed by atoms with Crippen LogP contribution in [0.2, 0.25) is 0 Å². The van der Waals surface area contributed by atoms with Crippen LogP contribution in [0.5, 0.6) is 0 Å². The molecular weight excluding hydrogens is 236 g/mol. The summed E-state index contributed by atoms with van der Waals surface area (Å²) in [5.74, 6) is -0.0316. The molecule has 7 heteroatoms. The number of ether oxygens (including phenoxy) is 1. The van der Waals surface area contributed by atoms with E-state index in [1.54, 1.807) is 18.0 Å². The van der Waals surface area contributed by atoms with E-state index in [4.69, 9.17) is 0 Å². The fourth-order valence-corrected chi connectivity index (χ4v) is 1.76. The first-order valence-corrected chi connectivity index (χ1v) is 5.55. The number of likely N-dealkylation sites (N-methyl/N-ethyl adjacent to an activating group) is 1. The number of rotatable bonds is 3. The Morgan fingerprint density at radius 2 is 2.28 bits per heavy atom. The van der Waals surface area contributed by atoms with Crippen LogP contribution in [0.15, 0.2) is 12.1 Å². The second-order valence-corrected chi connectivity index (χ2v) is 4.04. The van der Waals surface area contributed by atoms with E-state index in [0.717, 1.165) is 13.0 Å². The molecule has 0 radical (unpaired) electrons. The number of nitrogens with one attached hydrogen (secondary N) is 1. The number of carbonyl (C=O) groups is 2. The van der Waals surface area contributed by atoms with Crippen LogP contribution in [0, 0.1) is 0 Å². The number of esters is 1. The Balaban J connectivity index is 2.03. The minimum absolute atomic E-state index is 0.0360. The smallest absolute Gasteiger partial charge is 0.358 e. The van der Waals surface area contributed by atoms with Crippen molar-refractivity contribution < 1.29 is 14.3 Å². The molecular formula is C11H14N4O3. The summed E-state index contributed by atoms with van der Waals surface area (Å²) in [6, 6.07) is 2.84. The van der Waals surface area contributed by atoms with Crippen molar-refractivity contribution in [2.45, 2.75) is 12.5 Å². The van der Waals surface area contributed by atoms with Gasteiger partial charge in [-0.2, -0.15) is 0 Å². The predicted octanol–water partition coefficient (Wildman–Crippen LogP) is -0.0942. The van der Waals surface area contributed by atoms with Crippen LogP contribution in [0.1, 0.15) is 16.9 Å². The second-order valence-electron chi connectivity index (χ2n) is 4.04. The fraction of sp³-hybridized carbons (Fsp3) is 0.455. The normalized spacial score (nSPS) is 18.9. The van der Waals surface area contributed by atoms with Gasteiger partial charge in [0, 0.05) is 13.6 Å². The van der Waals surface area contributed by atoms with Gasteiger partial charge >= 0.3 is 5.97 Å². The summed E-state index contributed by atoms with van der Waals surface area (Å²) in [6.07, 6.45) is 0.732. The molecule has 0 bridgehead atoms. The number of carbonyl (C=O) groups excluding carboxylic acids is 2. The van der Waals surface area contributed by atoms with Crippen LogP contribution in [0.25, 0.3) is 0 Å². The molecule has 1 saturated heterocycles. The van der Waals surface area contributed by atoms with Crippen molar-refractivity contribution in [2.24, 2.45) is 0 Å². The number of anilines is 1. The molecule has 96 valence electrons. The number of nitrogens with zero attached hydrogens (tertiary/aromatic N) is 3. The first-order valence-electron chi connectivity index (χ1n) is 5.55. The summed E-state index contributed by atoms with van der Waals surface area (Å²) in [5.41, 5.74) is 0.137. The highest BCUT2D eigenvalue weighted by atomic mass is 16.5. The van der Waals surface area contributed by atoms with Gasteiger partial charge in [0.25, 0.3) is 0 Å². The van der Waals surface area contributed by atoms with E-state index in [1.807, 2.05) is 0 Å². The molecule has 1 aromatic rings. The third-order valence-electron chi connectivity index (χ3n) is 2.81. The number of amides is 1. The highest BCUT2D eigenvalue weighted by Gasteiger charge is 2.29. The van der Waals surface area contributed by atoms with E-state index in [-0.39, 0.29) is 17.6 Å². The van der Waals surface area contributed by atoms with Crippen molar-refractivity contribution in [3.8, 4) is 0 Å². The van der Waals surface area contributed by atoms with Crippen molar-refractivity contribution in [2.75, 3.05) is 26.0 Å². The molecule has 1 N–H and O–H groups in total. The van der Waals surface area contributed by atoms with Crippen molar-refractivity contribution in [1.82, 2.24) is 15.1 Å². The van der Waals surface area contributed by atoms with Crippen molar-refractivity contribution in [3.63, 3.8) is 0 Å². The fourth-order valence-electron chi connectivity index (χ4n) is 1.76. The Labute approximate surface area is 104 Å². The van der Waals surface area contributed by atoms with Crippen LogP contribution in [-0.4, -0.2) is 53.7 Å². The maximum Gasteiger partial charge on any atom is 0.358 e. The third kappa shape index (κ3) is 2.39. The van der Waals surface area contributed by atoms with Crippen LogP contribution >= 0.6 is 0 Å². The van der Waals surface area contributed by atoms with Crippen molar-refractivity contribution in [1.29, 1.82) is 0 Å². The zero-order valence-corrected chi connectivity index (χ0v) is 10.2. The first kappa shape index (κ1) is 12.3. The second kappa shape index (κ2) is 4.99. The molecule has 2 heterocycles. The quantitative estimate of drug-likeness (QED) is 0.754. The zero-order valence-electron chi connectivity index (χ0n) is 10.2. The summed E-state index contributed by atoms with van der Waals surface area (Å²) in [4.78, 5) is 24.5. The standard InChI is InChI=1S/C11H14N4O3/c1-15-6-5-7(10(15)16)12-9-4-3-8(13-14-9)11(17)18-2/h3-4,7H,5-6H2,1-2H3,(H,12,14). The van der Waals surface area contributed by atoms with E-state index in [1.165, 1.54) is 13.2 Å². The molecule has 1 aliphatic heterocycles. The number of hydrogen-bond acceptors (Lipinski definition) is 6. The van der Waals surface area contributed by atoms with Gasteiger partial charge in [-0.15, -0.1) is 10.2 Å². The lowest BCUT2D eigenvalue weighted by atomic mass is 10.2. The summed E-state index contributed by atoms with van der Waals surface area (Å²) in [7, 11) is 3.04. The first-order chi connectivity index (χ1) is 8.61. The van der Waals surface area contributed by atoms with E-state index >= 15 is 0 Å². The minimum Gasteiger partial charge on any atom is -0.464 e. The zero-order chi connectivity index (χ0) is 13.1. The number of methoxy groups -OCH3 is 1. The van der Waals surface area contributed by atoms with Gasteiger partial charge in [0.1, 0.15) is 11.9 Å². The molecule has 1 fully saturated rings. The lowest BCUT2D eigenvalue weighted by Gasteiger charge is -2.12. The van der Waals surface area contributed by atoms with Crippen LogP contribution < -0.4 is 5.32 Å². The average Bonchev–Trinajstić information content (AvgIpc) is 2.71. The molecule has 1 aliphatic rings. The molecule has 0 saturated carbocycles. The summed E-state index contributed by atoms with van der Waals surface area (Å²) in [5, 5.41) is 10.5. The number of aromatic nitrogens is 2. The van der Waals surface area contributed by atoms with Crippen LogP contribution in [0.4, 0.5) is 5.82 Å². The third-order valence-corrected chi connectivity index (χ3v) is 2.81. The van der Waals surface area contributed by atoms with Gasteiger partial charge in [-0.25, -0.2) is 4.79 Å². The Morgan fingerprint density at radius 1 is 1.50 bits per heavy atom. The Bertz CT molecular complexity index is 460. The number of likely N-dealkylation sites (tertiary alicyclic amines) is 1. The maximum atomic E-state index is 11.7. The Hall–Kier alpha value is -2.18. The van der Waals surface area contributed by atoms with Crippen LogP contribution in [0.3, 0.4) is 0 Å². The van der Waals surface area contributed by atoms with Gasteiger partial charge in [0.15, 0.2) is 5.69 Å². The molecule has 1 atom stereocenters. The van der Waals surface area contributed by atoms with Gasteiger partial charge in [-0.1, -0.05) is 0 Å². The van der Waals surface area contributed by atoms with E-state index in [2.05, 4.69) is 20.3 Å². The molecule has 7 nitrogen and oxygen atoms in total. The van der Waals surface area contributed by atoms with Gasteiger partial charge in [0.2, 0.25) is 5.91 Å². The van der Waals surface area contributed by atoms with E-state index in [0.29, 0.717) is 5.82 Å². The van der Waals surface area contributed by atoms with Gasteiger partial charge < -0.3 is 15.0 Å². The van der Waals surface area contributed by atoms with Crippen LogP contribution in [-0.2, 0) is 9.53 Å². The summed E-state index contributed by atoms with van der Waals surface area (Å²) >= 11 is 0. The SMILES string of the molecule is COC(=O)c1ccc(NC2CCN(C)C2=O)nn1. The van der Waals surface area contributed by atoms with Crippen molar-refractivity contribution >= 4 is 17.7 Å². The molecule has 18 heavy (non-hydrogen) atoms. The van der Waals surface area contributed by atoms with Gasteiger partial charge in [-0.05, 0) is 18.6 Å². The maximum absolute atomic E-state index is 11.7. The highest BCUT2D eigenvalue weighted by molar-refractivity contribution is 5.87. The Morgan fingerprint density at radius 3 is 2.78 bits per heavy atom. The predicted molar refractivity (Wildman–Crippen MR) is 63.0 cm³/mol. The average molecular weight is 250 g/mol. The lowest BCUT2D eigenvalue weighted by molar-refractivity contribution is -0.127. The molecule has 1 unspecified atom stereocenters. The lowest BCUT2D eigenvalue weighted by Crippen LogP contribution is -2.31. The monoisotopic (exact) mass is 250 g/mol. The molecule has 0 aliphatic carbocycles. The topological polar surface area (TPSA) is 84.4 Å². The highest BCUT2D eigenvalue weighted by Crippen LogP contribution is 2.14. The number of hydrogen-bond donors (Lipinski definition) is 1. The molecule has 2 rings (SSSR count). The van der Waals surface area contributed by atoms with Crippen molar-refractivity contribution in [3.05, 3.63) is 17.8 Å². The largest absolute Gasteiger partial charge is 0.464 e. The van der Waals surface area contributed by atoms with Gasteiger partial charge in [0.05, 0.1) is 7.11 Å².